The summed E-state index contributed by atoms with van der Waals surface area (Å²) in [5.41, 5.74) is 5.95. The van der Waals surface area contributed by atoms with Gasteiger partial charge in [-0.15, -0.1) is 11.8 Å². The zero-order valence-electron chi connectivity index (χ0n) is 9.85. The highest BCUT2D eigenvalue weighted by atomic mass is 32.2. The van der Waals surface area contributed by atoms with Gasteiger partial charge in [-0.2, -0.15) is 0 Å². The van der Waals surface area contributed by atoms with Crippen LogP contribution in [0, 0.1) is 0 Å². The normalized spacial score (nSPS) is 11.4. The number of anilines is 1. The van der Waals surface area contributed by atoms with Gasteiger partial charge in [-0.1, -0.05) is 6.07 Å². The van der Waals surface area contributed by atoms with Gasteiger partial charge in [-0.3, -0.25) is 4.72 Å². The average molecular weight is 274 g/mol. The molecule has 0 fully saturated rings. The standard InChI is InChI=1S/C11H18N2O2S2/c1-16-11-6-4-5-10(9-11)13-17(14,15)8-3-2-7-12/h4-6,9,13H,2-3,7-8,12H2,1H3. The molecule has 96 valence electrons. The molecule has 4 nitrogen and oxygen atoms in total. The molecule has 0 aliphatic carbocycles. The van der Waals surface area contributed by atoms with Gasteiger partial charge in [0.15, 0.2) is 0 Å². The molecule has 1 rings (SSSR count). The number of nitrogens with one attached hydrogen (secondary N) is 1. The second-order valence-corrected chi connectivity index (χ2v) is 6.37. The highest BCUT2D eigenvalue weighted by Crippen LogP contribution is 2.19. The SMILES string of the molecule is CSc1cccc(NS(=O)(=O)CCCCN)c1. The van der Waals surface area contributed by atoms with E-state index in [2.05, 4.69) is 4.72 Å². The van der Waals surface area contributed by atoms with Crippen molar-refractivity contribution in [3.05, 3.63) is 24.3 Å². The van der Waals surface area contributed by atoms with Crippen molar-refractivity contribution in [2.45, 2.75) is 17.7 Å². The van der Waals surface area contributed by atoms with E-state index in [-0.39, 0.29) is 5.75 Å². The first kappa shape index (κ1) is 14.3. The molecule has 0 heterocycles. The van der Waals surface area contributed by atoms with Crippen LogP contribution in [-0.4, -0.2) is 27.0 Å². The highest BCUT2D eigenvalue weighted by Gasteiger charge is 2.09. The predicted molar refractivity (Wildman–Crippen MR) is 73.9 cm³/mol. The summed E-state index contributed by atoms with van der Waals surface area (Å²) in [6.45, 7) is 0.525. The minimum atomic E-state index is -3.25. The Morgan fingerprint density at radius 2 is 2.12 bits per heavy atom. The van der Waals surface area contributed by atoms with Gasteiger partial charge in [0.25, 0.3) is 0 Å². The summed E-state index contributed by atoms with van der Waals surface area (Å²) >= 11 is 1.58. The summed E-state index contributed by atoms with van der Waals surface area (Å²) in [6.07, 6.45) is 3.27. The second-order valence-electron chi connectivity index (χ2n) is 3.65. The molecule has 0 saturated heterocycles. The van der Waals surface area contributed by atoms with E-state index in [0.717, 1.165) is 11.3 Å². The van der Waals surface area contributed by atoms with Crippen LogP contribution < -0.4 is 10.5 Å². The monoisotopic (exact) mass is 274 g/mol. The van der Waals surface area contributed by atoms with Crippen molar-refractivity contribution in [2.75, 3.05) is 23.3 Å². The number of rotatable bonds is 7. The van der Waals surface area contributed by atoms with Crippen molar-refractivity contribution < 1.29 is 8.42 Å². The highest BCUT2D eigenvalue weighted by molar-refractivity contribution is 7.98. The molecule has 0 aromatic heterocycles. The van der Waals surface area contributed by atoms with E-state index < -0.39 is 10.0 Å². The molecule has 0 spiro atoms. The van der Waals surface area contributed by atoms with Gasteiger partial charge in [0.05, 0.1) is 5.75 Å². The largest absolute Gasteiger partial charge is 0.330 e. The Balaban J connectivity index is 2.62. The molecule has 0 aliphatic rings. The van der Waals surface area contributed by atoms with Gasteiger partial charge in [0.1, 0.15) is 0 Å². The lowest BCUT2D eigenvalue weighted by atomic mass is 10.3. The molecule has 0 aliphatic heterocycles. The van der Waals surface area contributed by atoms with Gasteiger partial charge < -0.3 is 5.73 Å². The maximum Gasteiger partial charge on any atom is 0.232 e. The Kier molecular flexibility index (Phi) is 5.80. The Hall–Kier alpha value is -0.720. The third kappa shape index (κ3) is 5.43. The first-order valence-electron chi connectivity index (χ1n) is 5.42. The number of nitrogens with two attached hydrogens (primary N) is 1. The lowest BCUT2D eigenvalue weighted by Gasteiger charge is -2.08. The molecule has 1 aromatic rings. The molecule has 0 bridgehead atoms. The summed E-state index contributed by atoms with van der Waals surface area (Å²) in [6, 6.07) is 7.35. The molecule has 3 N–H and O–H groups in total. The summed E-state index contributed by atoms with van der Waals surface area (Å²) in [5, 5.41) is 0. The van der Waals surface area contributed by atoms with E-state index in [1.165, 1.54) is 0 Å². The Labute approximate surface area is 107 Å². The molecule has 6 heteroatoms. The van der Waals surface area contributed by atoms with Gasteiger partial charge in [0, 0.05) is 10.6 Å². The summed E-state index contributed by atoms with van der Waals surface area (Å²) < 4.78 is 26.0. The van der Waals surface area contributed by atoms with Crippen LogP contribution in [0.5, 0.6) is 0 Å². The van der Waals surface area contributed by atoms with Gasteiger partial charge >= 0.3 is 0 Å². The topological polar surface area (TPSA) is 72.2 Å². The molecule has 0 saturated carbocycles. The van der Waals surface area contributed by atoms with Crippen LogP contribution in [0.2, 0.25) is 0 Å². The number of hydrogen-bond donors (Lipinski definition) is 2. The maximum atomic E-state index is 11.7. The fraction of sp³-hybridized carbons (Fsp3) is 0.455. The zero-order valence-corrected chi connectivity index (χ0v) is 11.5. The number of hydrogen-bond acceptors (Lipinski definition) is 4. The van der Waals surface area contributed by atoms with Crippen molar-refractivity contribution in [1.82, 2.24) is 0 Å². The maximum absolute atomic E-state index is 11.7. The van der Waals surface area contributed by atoms with E-state index in [0.29, 0.717) is 18.7 Å². The molecule has 1 aromatic carbocycles. The van der Waals surface area contributed by atoms with Crippen LogP contribution in [0.4, 0.5) is 5.69 Å². The summed E-state index contributed by atoms with van der Waals surface area (Å²) in [4.78, 5) is 1.03. The number of unbranched alkanes of at least 4 members (excludes halogenated alkanes) is 1. The lowest BCUT2D eigenvalue weighted by Crippen LogP contribution is -2.17. The van der Waals surface area contributed by atoms with Crippen LogP contribution in [0.3, 0.4) is 0 Å². The smallest absolute Gasteiger partial charge is 0.232 e. The van der Waals surface area contributed by atoms with E-state index in [9.17, 15) is 8.42 Å². The van der Waals surface area contributed by atoms with Crippen LogP contribution in [0.15, 0.2) is 29.2 Å². The van der Waals surface area contributed by atoms with E-state index in [4.69, 9.17) is 5.73 Å². The van der Waals surface area contributed by atoms with E-state index >= 15 is 0 Å². The minimum absolute atomic E-state index is 0.119. The summed E-state index contributed by atoms with van der Waals surface area (Å²) in [5.74, 6) is 0.119. The van der Waals surface area contributed by atoms with Crippen molar-refractivity contribution in [1.29, 1.82) is 0 Å². The van der Waals surface area contributed by atoms with Crippen LogP contribution in [0.25, 0.3) is 0 Å². The summed E-state index contributed by atoms with van der Waals surface area (Å²) in [7, 11) is -3.25. The fourth-order valence-electron chi connectivity index (χ4n) is 1.35. The molecule has 17 heavy (non-hydrogen) atoms. The van der Waals surface area contributed by atoms with Gasteiger partial charge in [-0.05, 0) is 43.8 Å². The van der Waals surface area contributed by atoms with Crippen molar-refractivity contribution in [2.24, 2.45) is 5.73 Å². The first-order chi connectivity index (χ1) is 8.07. The number of benzene rings is 1. The minimum Gasteiger partial charge on any atom is -0.330 e. The van der Waals surface area contributed by atoms with Crippen molar-refractivity contribution >= 4 is 27.5 Å². The molecular formula is C11H18N2O2S2. The molecule has 0 unspecified atom stereocenters. The molecule has 0 atom stereocenters. The predicted octanol–water partition coefficient (Wildman–Crippen LogP) is 1.89. The average Bonchev–Trinajstić information content (AvgIpc) is 2.29. The Bertz CT molecular complexity index is 447. The number of thioether (sulfide) groups is 1. The fourth-order valence-corrected chi connectivity index (χ4v) is 2.99. The van der Waals surface area contributed by atoms with Crippen molar-refractivity contribution in [3.63, 3.8) is 0 Å². The van der Waals surface area contributed by atoms with E-state index in [1.54, 1.807) is 17.8 Å². The van der Waals surface area contributed by atoms with E-state index in [1.807, 2.05) is 24.5 Å². The van der Waals surface area contributed by atoms with Gasteiger partial charge in [0.2, 0.25) is 10.0 Å². The first-order valence-corrected chi connectivity index (χ1v) is 8.30. The Morgan fingerprint density at radius 3 is 2.76 bits per heavy atom. The lowest BCUT2D eigenvalue weighted by molar-refractivity contribution is 0.597. The molecule has 0 amide bonds. The molecule has 0 radical (unpaired) electrons. The van der Waals surface area contributed by atoms with Crippen LogP contribution in [0.1, 0.15) is 12.8 Å². The second kappa shape index (κ2) is 6.88. The quantitative estimate of drug-likeness (QED) is 0.588. The number of sulfonamides is 1. The van der Waals surface area contributed by atoms with Crippen LogP contribution >= 0.6 is 11.8 Å². The molecular weight excluding hydrogens is 256 g/mol. The third-order valence-electron chi connectivity index (χ3n) is 2.21. The van der Waals surface area contributed by atoms with Crippen LogP contribution in [-0.2, 0) is 10.0 Å². The zero-order chi connectivity index (χ0) is 12.7. The third-order valence-corrected chi connectivity index (χ3v) is 4.31. The Morgan fingerprint density at radius 1 is 1.35 bits per heavy atom. The van der Waals surface area contributed by atoms with Crippen molar-refractivity contribution in [3.8, 4) is 0 Å². The van der Waals surface area contributed by atoms with Gasteiger partial charge in [-0.25, -0.2) is 8.42 Å².